The molecule has 1 unspecified atom stereocenters. The fourth-order valence-corrected chi connectivity index (χ4v) is 3.41. The number of amides is 1. The molecule has 7 heteroatoms. The van der Waals surface area contributed by atoms with Gasteiger partial charge in [0.2, 0.25) is 5.91 Å². The van der Waals surface area contributed by atoms with E-state index in [9.17, 15) is 4.79 Å². The van der Waals surface area contributed by atoms with Gasteiger partial charge in [-0.15, -0.1) is 0 Å². The normalized spacial score (nSPS) is 21.2. The van der Waals surface area contributed by atoms with Crippen LogP contribution >= 0.6 is 11.6 Å². The van der Waals surface area contributed by atoms with Gasteiger partial charge >= 0.3 is 0 Å². The van der Waals surface area contributed by atoms with Crippen molar-refractivity contribution in [2.75, 3.05) is 18.9 Å². The molecule has 22 heavy (non-hydrogen) atoms. The van der Waals surface area contributed by atoms with Crippen LogP contribution in [0.5, 0.6) is 0 Å². The molecular formula is C15H20ClN5O. The van der Waals surface area contributed by atoms with Crippen LogP contribution in [0.3, 0.4) is 0 Å². The molecule has 0 saturated heterocycles. The van der Waals surface area contributed by atoms with Gasteiger partial charge in [0.25, 0.3) is 0 Å². The summed E-state index contributed by atoms with van der Waals surface area (Å²) in [5.41, 5.74) is 2.51. The molecule has 0 radical (unpaired) electrons. The summed E-state index contributed by atoms with van der Waals surface area (Å²) in [6, 6.07) is 2.04. The molecular weight excluding hydrogens is 302 g/mol. The van der Waals surface area contributed by atoms with Gasteiger partial charge in [-0.05, 0) is 26.2 Å². The zero-order valence-electron chi connectivity index (χ0n) is 12.8. The summed E-state index contributed by atoms with van der Waals surface area (Å²) in [5.74, 6) is 0.186. The molecule has 1 fully saturated rings. The first-order chi connectivity index (χ1) is 10.6. The van der Waals surface area contributed by atoms with E-state index in [1.165, 1.54) is 0 Å². The van der Waals surface area contributed by atoms with Gasteiger partial charge in [0, 0.05) is 31.6 Å². The van der Waals surface area contributed by atoms with Crippen LogP contribution in [0, 0.1) is 5.92 Å². The molecule has 0 aromatic carbocycles. The van der Waals surface area contributed by atoms with Crippen molar-refractivity contribution in [2.45, 2.75) is 32.2 Å². The second-order valence-corrected chi connectivity index (χ2v) is 6.01. The van der Waals surface area contributed by atoms with Crippen LogP contribution < -0.4 is 10.6 Å². The summed E-state index contributed by atoms with van der Waals surface area (Å²) in [4.78, 5) is 20.7. The van der Waals surface area contributed by atoms with Crippen molar-refractivity contribution in [1.29, 1.82) is 0 Å². The topological polar surface area (TPSA) is 71.8 Å². The average Bonchev–Trinajstić information content (AvgIpc) is 3.12. The molecule has 2 atom stereocenters. The Labute approximate surface area is 134 Å². The minimum Gasteiger partial charge on any atom is -0.383 e. The molecule has 2 aromatic heterocycles. The average molecular weight is 322 g/mol. The van der Waals surface area contributed by atoms with Crippen molar-refractivity contribution in [3.63, 3.8) is 0 Å². The van der Waals surface area contributed by atoms with Crippen LogP contribution in [0.15, 0.2) is 12.4 Å². The van der Waals surface area contributed by atoms with Crippen LogP contribution in [0.25, 0.3) is 11.2 Å². The monoisotopic (exact) mass is 321 g/mol. The highest BCUT2D eigenvalue weighted by Gasteiger charge is 2.31. The highest BCUT2D eigenvalue weighted by Crippen LogP contribution is 2.37. The van der Waals surface area contributed by atoms with Crippen LogP contribution in [0.4, 0.5) is 5.69 Å². The maximum Gasteiger partial charge on any atom is 0.222 e. The lowest BCUT2D eigenvalue weighted by Gasteiger charge is -2.13. The zero-order chi connectivity index (χ0) is 15.7. The fourth-order valence-electron chi connectivity index (χ4n) is 3.22. The Balaban J connectivity index is 1.94. The number of hydrogen-bond donors (Lipinski definition) is 2. The third-order valence-electron chi connectivity index (χ3n) is 4.28. The molecule has 118 valence electrons. The van der Waals surface area contributed by atoms with Crippen LogP contribution in [0.1, 0.15) is 32.2 Å². The van der Waals surface area contributed by atoms with E-state index in [-0.39, 0.29) is 17.9 Å². The second-order valence-electron chi connectivity index (χ2n) is 5.62. The van der Waals surface area contributed by atoms with Gasteiger partial charge in [-0.1, -0.05) is 11.6 Å². The lowest BCUT2D eigenvalue weighted by Crippen LogP contribution is -2.25. The van der Waals surface area contributed by atoms with Crippen molar-refractivity contribution < 1.29 is 4.79 Å². The molecule has 2 N–H and O–H groups in total. The van der Waals surface area contributed by atoms with Gasteiger partial charge in [-0.2, -0.15) is 0 Å². The number of hydrogen-bond acceptors (Lipinski definition) is 4. The van der Waals surface area contributed by atoms with Crippen LogP contribution in [-0.2, 0) is 4.79 Å². The molecule has 0 bridgehead atoms. The number of carbonyl (C=O) groups is 1. The number of fused-ring (bicyclic) bond motifs is 1. The SMILES string of the molecule is CCNc1cc(Cl)nc2c1ncn2C1CC[C@@H](C(=O)NC)C1. The third kappa shape index (κ3) is 2.63. The van der Waals surface area contributed by atoms with E-state index in [0.717, 1.165) is 42.7 Å². The van der Waals surface area contributed by atoms with Crippen molar-refractivity contribution in [3.05, 3.63) is 17.5 Å². The number of aromatic nitrogens is 3. The number of rotatable bonds is 4. The van der Waals surface area contributed by atoms with E-state index in [0.29, 0.717) is 5.15 Å². The first kappa shape index (κ1) is 15.1. The maximum absolute atomic E-state index is 11.8. The molecule has 6 nitrogen and oxygen atoms in total. The van der Waals surface area contributed by atoms with Gasteiger partial charge in [0.15, 0.2) is 5.65 Å². The molecule has 2 heterocycles. The standard InChI is InChI=1S/C15H20ClN5O/c1-3-18-11-7-12(16)20-14-13(11)19-8-21(14)10-5-4-9(6-10)15(22)17-2/h7-10H,3-6H2,1-2H3,(H,17,22)(H,18,20)/t9-,10?/m1/s1. The number of imidazole rings is 1. The summed E-state index contributed by atoms with van der Waals surface area (Å²) >= 11 is 6.14. The quantitative estimate of drug-likeness (QED) is 0.849. The maximum atomic E-state index is 11.8. The van der Waals surface area contributed by atoms with E-state index in [2.05, 4.69) is 25.2 Å². The molecule has 3 rings (SSSR count). The van der Waals surface area contributed by atoms with E-state index in [1.807, 2.05) is 13.3 Å². The van der Waals surface area contributed by atoms with Gasteiger partial charge < -0.3 is 15.2 Å². The number of nitrogens with one attached hydrogen (secondary N) is 2. The Morgan fingerprint density at radius 1 is 1.50 bits per heavy atom. The lowest BCUT2D eigenvalue weighted by molar-refractivity contribution is -0.124. The van der Waals surface area contributed by atoms with Crippen molar-refractivity contribution >= 4 is 34.4 Å². The van der Waals surface area contributed by atoms with Crippen molar-refractivity contribution in [2.24, 2.45) is 5.92 Å². The molecule has 0 aliphatic heterocycles. The predicted octanol–water partition coefficient (Wildman–Crippen LogP) is 2.60. The summed E-state index contributed by atoms with van der Waals surface area (Å²) in [7, 11) is 1.69. The Morgan fingerprint density at radius 2 is 2.32 bits per heavy atom. The van der Waals surface area contributed by atoms with Gasteiger partial charge in [0.1, 0.15) is 10.7 Å². The minimum absolute atomic E-state index is 0.0693. The molecule has 2 aromatic rings. The molecule has 1 amide bonds. The summed E-state index contributed by atoms with van der Waals surface area (Å²) in [5, 5.41) is 6.45. The first-order valence-electron chi connectivity index (χ1n) is 7.62. The summed E-state index contributed by atoms with van der Waals surface area (Å²) in [6.45, 7) is 2.83. The zero-order valence-corrected chi connectivity index (χ0v) is 13.5. The molecule has 0 spiro atoms. The number of carbonyl (C=O) groups excluding carboxylic acids is 1. The Hall–Kier alpha value is -1.82. The van der Waals surface area contributed by atoms with E-state index < -0.39 is 0 Å². The number of halogens is 1. The first-order valence-corrected chi connectivity index (χ1v) is 8.00. The highest BCUT2D eigenvalue weighted by atomic mass is 35.5. The Bertz CT molecular complexity index is 699. The Morgan fingerprint density at radius 3 is 3.05 bits per heavy atom. The van der Waals surface area contributed by atoms with E-state index in [4.69, 9.17) is 11.6 Å². The van der Waals surface area contributed by atoms with Gasteiger partial charge in [-0.3, -0.25) is 4.79 Å². The molecule has 1 aliphatic rings. The second kappa shape index (κ2) is 6.12. The third-order valence-corrected chi connectivity index (χ3v) is 4.48. The fraction of sp³-hybridized carbons (Fsp3) is 0.533. The van der Waals surface area contributed by atoms with Crippen molar-refractivity contribution in [1.82, 2.24) is 19.9 Å². The van der Waals surface area contributed by atoms with Gasteiger partial charge in [0.05, 0.1) is 12.0 Å². The van der Waals surface area contributed by atoms with Crippen molar-refractivity contribution in [3.8, 4) is 0 Å². The smallest absolute Gasteiger partial charge is 0.222 e. The van der Waals surface area contributed by atoms with Gasteiger partial charge in [-0.25, -0.2) is 9.97 Å². The largest absolute Gasteiger partial charge is 0.383 e. The number of nitrogens with zero attached hydrogens (tertiary/aromatic N) is 3. The van der Waals surface area contributed by atoms with Crippen LogP contribution in [-0.4, -0.2) is 34.0 Å². The highest BCUT2D eigenvalue weighted by molar-refractivity contribution is 6.30. The van der Waals surface area contributed by atoms with E-state index in [1.54, 1.807) is 13.1 Å². The molecule has 1 aliphatic carbocycles. The summed E-state index contributed by atoms with van der Waals surface area (Å²) in [6.07, 6.45) is 4.47. The predicted molar refractivity (Wildman–Crippen MR) is 87.1 cm³/mol. The molecule has 1 saturated carbocycles. The Kier molecular flexibility index (Phi) is 4.20. The lowest BCUT2D eigenvalue weighted by atomic mass is 10.1. The number of pyridine rings is 1. The van der Waals surface area contributed by atoms with E-state index >= 15 is 0 Å². The minimum atomic E-state index is 0.0693. The number of anilines is 1. The van der Waals surface area contributed by atoms with Crippen LogP contribution in [0.2, 0.25) is 5.15 Å². The summed E-state index contributed by atoms with van der Waals surface area (Å²) < 4.78 is 2.06.